The Morgan fingerprint density at radius 2 is 2.38 bits per heavy atom. The zero-order valence-corrected chi connectivity index (χ0v) is 8.16. The summed E-state index contributed by atoms with van der Waals surface area (Å²) in [5, 5.41) is 12.4. The minimum absolute atomic E-state index is 0.186. The molecule has 78 valence electrons. The van der Waals surface area contributed by atoms with Crippen molar-refractivity contribution in [2.75, 3.05) is 5.73 Å². The Balaban J connectivity index is 2.38. The summed E-state index contributed by atoms with van der Waals surface area (Å²) in [7, 11) is 0. The van der Waals surface area contributed by atoms with E-state index in [1.54, 1.807) is 0 Å². The molecule has 2 heterocycles. The van der Waals surface area contributed by atoms with E-state index in [4.69, 9.17) is 11.0 Å². The van der Waals surface area contributed by atoms with Crippen LogP contribution in [0.5, 0.6) is 0 Å². The number of rotatable bonds is 1. The van der Waals surface area contributed by atoms with E-state index in [1.807, 2.05) is 6.07 Å². The number of carbonyl (C=O) groups excluding carboxylic acids is 1. The number of nitrogens with zero attached hydrogens (tertiary/aromatic N) is 4. The van der Waals surface area contributed by atoms with E-state index in [0.29, 0.717) is 11.3 Å². The molecule has 0 aliphatic heterocycles. The maximum absolute atomic E-state index is 11.8. The Hall–Kier alpha value is -2.68. The van der Waals surface area contributed by atoms with Crippen LogP contribution in [0.15, 0.2) is 30.7 Å². The zero-order valence-electron chi connectivity index (χ0n) is 8.16. The van der Waals surface area contributed by atoms with Crippen molar-refractivity contribution in [3.63, 3.8) is 0 Å². The second-order valence-corrected chi connectivity index (χ2v) is 3.06. The van der Waals surface area contributed by atoms with Crippen molar-refractivity contribution in [2.24, 2.45) is 0 Å². The molecule has 2 rings (SSSR count). The quantitative estimate of drug-likeness (QED) is 0.740. The third-order valence-corrected chi connectivity index (χ3v) is 1.93. The van der Waals surface area contributed by atoms with Crippen molar-refractivity contribution in [3.05, 3.63) is 42.0 Å². The van der Waals surface area contributed by atoms with Crippen LogP contribution in [0.25, 0.3) is 0 Å². The molecule has 0 radical (unpaired) electrons. The first kappa shape index (κ1) is 9.86. The van der Waals surface area contributed by atoms with Gasteiger partial charge >= 0.3 is 0 Å². The van der Waals surface area contributed by atoms with Crippen molar-refractivity contribution < 1.29 is 4.79 Å². The largest absolute Gasteiger partial charge is 0.396 e. The van der Waals surface area contributed by atoms with Crippen LogP contribution in [-0.4, -0.2) is 20.7 Å². The summed E-state index contributed by atoms with van der Waals surface area (Å²) < 4.78 is 1.12. The molecule has 0 bridgehead atoms. The Kier molecular flexibility index (Phi) is 2.36. The van der Waals surface area contributed by atoms with Crippen LogP contribution in [0.3, 0.4) is 0 Å². The van der Waals surface area contributed by atoms with Gasteiger partial charge in [-0.05, 0) is 12.1 Å². The molecule has 2 aromatic heterocycles. The molecular weight excluding hydrogens is 206 g/mol. The van der Waals surface area contributed by atoms with Crippen LogP contribution < -0.4 is 5.73 Å². The molecule has 0 atom stereocenters. The summed E-state index contributed by atoms with van der Waals surface area (Å²) in [6, 6.07) is 4.78. The first-order valence-corrected chi connectivity index (χ1v) is 4.41. The minimum Gasteiger partial charge on any atom is -0.396 e. The molecule has 6 heteroatoms. The number of pyridine rings is 1. The van der Waals surface area contributed by atoms with Crippen molar-refractivity contribution in [1.29, 1.82) is 5.26 Å². The molecule has 2 N–H and O–H groups in total. The predicted molar refractivity (Wildman–Crippen MR) is 55.3 cm³/mol. The van der Waals surface area contributed by atoms with E-state index in [0.717, 1.165) is 4.68 Å². The fourth-order valence-electron chi connectivity index (χ4n) is 1.20. The third-order valence-electron chi connectivity index (χ3n) is 1.93. The smallest absolute Gasteiger partial charge is 0.278 e. The van der Waals surface area contributed by atoms with Crippen LogP contribution in [0, 0.1) is 11.3 Å². The summed E-state index contributed by atoms with van der Waals surface area (Å²) >= 11 is 0. The fraction of sp³-hybridized carbons (Fsp3) is 0. The summed E-state index contributed by atoms with van der Waals surface area (Å²) in [4.78, 5) is 15.6. The van der Waals surface area contributed by atoms with Gasteiger partial charge in [-0.3, -0.25) is 4.79 Å². The molecule has 0 saturated heterocycles. The maximum atomic E-state index is 11.8. The van der Waals surface area contributed by atoms with E-state index in [1.165, 1.54) is 30.7 Å². The molecule has 0 saturated carbocycles. The minimum atomic E-state index is -0.351. The molecule has 0 amide bonds. The number of nitriles is 1. The number of anilines is 1. The highest BCUT2D eigenvalue weighted by molar-refractivity contribution is 5.95. The fourth-order valence-corrected chi connectivity index (χ4v) is 1.20. The number of carbonyl (C=O) groups is 1. The van der Waals surface area contributed by atoms with Crippen LogP contribution in [0.2, 0.25) is 0 Å². The molecule has 0 aliphatic carbocycles. The molecule has 0 spiro atoms. The van der Waals surface area contributed by atoms with Crippen molar-refractivity contribution in [3.8, 4) is 6.07 Å². The number of hydrogen-bond acceptors (Lipinski definition) is 5. The highest BCUT2D eigenvalue weighted by atomic mass is 16.2. The second-order valence-electron chi connectivity index (χ2n) is 3.06. The van der Waals surface area contributed by atoms with E-state index in [-0.39, 0.29) is 11.6 Å². The van der Waals surface area contributed by atoms with Gasteiger partial charge in [-0.25, -0.2) is 9.67 Å². The summed E-state index contributed by atoms with van der Waals surface area (Å²) in [6.45, 7) is 0. The van der Waals surface area contributed by atoms with Gasteiger partial charge in [-0.15, -0.1) is 0 Å². The number of aromatic nitrogens is 3. The van der Waals surface area contributed by atoms with Gasteiger partial charge in [0.25, 0.3) is 5.91 Å². The number of nitrogens with two attached hydrogens (primary N) is 1. The topological polar surface area (TPSA) is 97.6 Å². The van der Waals surface area contributed by atoms with Gasteiger partial charge in [-0.1, -0.05) is 0 Å². The lowest BCUT2D eigenvalue weighted by molar-refractivity contribution is 0.0945. The lowest BCUT2D eigenvalue weighted by Gasteiger charge is -1.99. The lowest BCUT2D eigenvalue weighted by Crippen LogP contribution is -2.12. The van der Waals surface area contributed by atoms with Gasteiger partial charge in [0, 0.05) is 11.8 Å². The summed E-state index contributed by atoms with van der Waals surface area (Å²) in [5.74, 6) is -0.351. The van der Waals surface area contributed by atoms with Crippen LogP contribution in [0.4, 0.5) is 5.69 Å². The van der Waals surface area contributed by atoms with Gasteiger partial charge in [-0.2, -0.15) is 10.4 Å². The molecule has 0 aromatic carbocycles. The van der Waals surface area contributed by atoms with E-state index >= 15 is 0 Å². The normalized spacial score (nSPS) is 9.69. The van der Waals surface area contributed by atoms with E-state index in [9.17, 15) is 4.79 Å². The van der Waals surface area contributed by atoms with Crippen LogP contribution in [0.1, 0.15) is 16.1 Å². The van der Waals surface area contributed by atoms with E-state index in [2.05, 4.69) is 10.1 Å². The highest BCUT2D eigenvalue weighted by Gasteiger charge is 2.10. The van der Waals surface area contributed by atoms with Gasteiger partial charge in [0.15, 0.2) is 0 Å². The molecule has 0 aliphatic rings. The van der Waals surface area contributed by atoms with Crippen molar-refractivity contribution in [2.45, 2.75) is 0 Å². The van der Waals surface area contributed by atoms with Gasteiger partial charge in [0.05, 0.1) is 18.1 Å². The number of hydrogen-bond donors (Lipinski definition) is 1. The Bertz CT molecular complexity index is 581. The Morgan fingerprint density at radius 3 is 3.00 bits per heavy atom. The van der Waals surface area contributed by atoms with Crippen LogP contribution >= 0.6 is 0 Å². The molecule has 16 heavy (non-hydrogen) atoms. The maximum Gasteiger partial charge on any atom is 0.278 e. The molecule has 0 fully saturated rings. The van der Waals surface area contributed by atoms with Crippen LogP contribution in [-0.2, 0) is 0 Å². The predicted octanol–water partition coefficient (Wildman–Crippen LogP) is 0.420. The average molecular weight is 213 g/mol. The standard InChI is InChI=1S/C10H7N5O/c11-4-9-3-7(1-2-13-9)10(16)15-6-8(12)5-14-15/h1-3,5-6H,12H2. The van der Waals surface area contributed by atoms with E-state index < -0.39 is 0 Å². The molecular formula is C10H7N5O. The Labute approximate surface area is 90.9 Å². The van der Waals surface area contributed by atoms with Gasteiger partial charge < -0.3 is 5.73 Å². The molecule has 6 nitrogen and oxygen atoms in total. The second kappa shape index (κ2) is 3.82. The highest BCUT2D eigenvalue weighted by Crippen LogP contribution is 2.05. The summed E-state index contributed by atoms with van der Waals surface area (Å²) in [5.41, 5.74) is 6.38. The monoisotopic (exact) mass is 213 g/mol. The van der Waals surface area contributed by atoms with Crippen molar-refractivity contribution >= 4 is 11.6 Å². The number of nitrogen functional groups attached to an aromatic ring is 1. The zero-order chi connectivity index (χ0) is 11.5. The Morgan fingerprint density at radius 1 is 1.56 bits per heavy atom. The molecule has 0 unspecified atom stereocenters. The van der Waals surface area contributed by atoms with Gasteiger partial charge in [0.2, 0.25) is 0 Å². The average Bonchev–Trinajstić information content (AvgIpc) is 2.75. The first-order valence-electron chi connectivity index (χ1n) is 4.41. The molecule has 2 aromatic rings. The summed E-state index contributed by atoms with van der Waals surface area (Å²) in [6.07, 6.45) is 4.19. The third kappa shape index (κ3) is 1.74. The first-order chi connectivity index (χ1) is 7.70. The van der Waals surface area contributed by atoms with Gasteiger partial charge in [0.1, 0.15) is 11.8 Å². The lowest BCUT2D eigenvalue weighted by atomic mass is 10.2. The van der Waals surface area contributed by atoms with Crippen molar-refractivity contribution in [1.82, 2.24) is 14.8 Å². The SMILES string of the molecule is N#Cc1cc(C(=O)n2cc(N)cn2)ccn1.